The molecule has 3 rings (SSSR count). The van der Waals surface area contributed by atoms with E-state index in [4.69, 9.17) is 14.2 Å². The summed E-state index contributed by atoms with van der Waals surface area (Å²) in [7, 11) is 1.37. The van der Waals surface area contributed by atoms with Gasteiger partial charge in [-0.3, -0.25) is 4.79 Å². The number of carbonyl (C=O) groups excluding carboxylic acids is 2. The summed E-state index contributed by atoms with van der Waals surface area (Å²) in [6.07, 6.45) is -0.221. The lowest BCUT2D eigenvalue weighted by Crippen LogP contribution is -2.08. The molecule has 0 bridgehead atoms. The molecule has 0 saturated carbocycles. The lowest BCUT2D eigenvalue weighted by Gasteiger charge is -2.14. The van der Waals surface area contributed by atoms with Crippen LogP contribution in [0.2, 0.25) is 0 Å². The van der Waals surface area contributed by atoms with Crippen LogP contribution in [0.15, 0.2) is 36.4 Å². The first kappa shape index (κ1) is 23.3. The van der Waals surface area contributed by atoms with Crippen LogP contribution in [0.25, 0.3) is 0 Å². The molecule has 32 heavy (non-hydrogen) atoms. The molecule has 0 aliphatic carbocycles. The fourth-order valence-electron chi connectivity index (χ4n) is 3.00. The van der Waals surface area contributed by atoms with E-state index in [2.05, 4.69) is 4.98 Å². The van der Waals surface area contributed by atoms with E-state index in [-0.39, 0.29) is 48.0 Å². The molecule has 0 aliphatic heterocycles. The van der Waals surface area contributed by atoms with Gasteiger partial charge < -0.3 is 14.2 Å². The average Bonchev–Trinajstić information content (AvgIpc) is 3.11. The normalized spacial score (nSPS) is 10.7. The number of thiazole rings is 1. The summed E-state index contributed by atoms with van der Waals surface area (Å²) >= 11 is 1.09. The summed E-state index contributed by atoms with van der Waals surface area (Å²) < 4.78 is 43.9. The van der Waals surface area contributed by atoms with Gasteiger partial charge in [0.2, 0.25) is 5.75 Å². The molecule has 0 radical (unpaired) electrons. The maximum atomic E-state index is 14.3. The Morgan fingerprint density at radius 3 is 2.59 bits per heavy atom. The fourth-order valence-corrected chi connectivity index (χ4v) is 3.99. The van der Waals surface area contributed by atoms with Gasteiger partial charge >= 0.3 is 5.97 Å². The monoisotopic (exact) mass is 461 g/mol. The first-order valence-corrected chi connectivity index (χ1v) is 10.6. The highest BCUT2D eigenvalue weighted by atomic mass is 32.1. The van der Waals surface area contributed by atoms with Crippen molar-refractivity contribution in [3.8, 4) is 17.2 Å². The van der Waals surface area contributed by atoms with Crippen LogP contribution < -0.4 is 9.47 Å². The standard InChI is InChI=1S/C23H21F2NO5S/c1-4-30-23(28)22-13(2)26-20(32-22)12-16(27)11-14-10-15(24)8-9-18(14)31-21-17(25)6-5-7-19(21)29-3/h5-10H,4,11-12H2,1-3H3. The minimum Gasteiger partial charge on any atom is -0.493 e. The van der Waals surface area contributed by atoms with Crippen molar-refractivity contribution in [2.75, 3.05) is 13.7 Å². The van der Waals surface area contributed by atoms with Crippen LogP contribution in [0.4, 0.5) is 8.78 Å². The van der Waals surface area contributed by atoms with E-state index in [1.165, 1.54) is 31.4 Å². The smallest absolute Gasteiger partial charge is 0.350 e. The van der Waals surface area contributed by atoms with Crippen molar-refractivity contribution in [2.45, 2.75) is 26.7 Å². The predicted molar refractivity (Wildman–Crippen MR) is 115 cm³/mol. The summed E-state index contributed by atoms with van der Waals surface area (Å²) in [5.41, 5.74) is 0.733. The van der Waals surface area contributed by atoms with Crippen LogP contribution in [-0.4, -0.2) is 30.5 Å². The molecule has 0 fully saturated rings. The summed E-state index contributed by atoms with van der Waals surface area (Å²) in [4.78, 5) is 29.2. The second kappa shape index (κ2) is 10.3. The number of benzene rings is 2. The Balaban J connectivity index is 1.80. The number of nitrogens with zero attached hydrogens (tertiary/aromatic N) is 1. The van der Waals surface area contributed by atoms with Gasteiger partial charge in [-0.2, -0.15) is 0 Å². The summed E-state index contributed by atoms with van der Waals surface area (Å²) in [6, 6.07) is 7.86. The number of hydrogen-bond acceptors (Lipinski definition) is 7. The van der Waals surface area contributed by atoms with Crippen LogP contribution in [-0.2, 0) is 22.4 Å². The van der Waals surface area contributed by atoms with E-state index in [9.17, 15) is 18.4 Å². The number of hydrogen-bond donors (Lipinski definition) is 0. The number of para-hydroxylation sites is 1. The van der Waals surface area contributed by atoms with Crippen molar-refractivity contribution in [1.82, 2.24) is 4.98 Å². The van der Waals surface area contributed by atoms with E-state index in [0.29, 0.717) is 15.6 Å². The molecule has 0 saturated heterocycles. The quantitative estimate of drug-likeness (QED) is 0.415. The zero-order chi connectivity index (χ0) is 23.3. The molecule has 3 aromatic rings. The number of halogens is 2. The van der Waals surface area contributed by atoms with Gasteiger partial charge in [-0.15, -0.1) is 11.3 Å². The Morgan fingerprint density at radius 2 is 1.88 bits per heavy atom. The lowest BCUT2D eigenvalue weighted by atomic mass is 10.1. The van der Waals surface area contributed by atoms with Gasteiger partial charge in [0.1, 0.15) is 27.2 Å². The van der Waals surface area contributed by atoms with Crippen LogP contribution >= 0.6 is 11.3 Å². The zero-order valence-electron chi connectivity index (χ0n) is 17.7. The van der Waals surface area contributed by atoms with Crippen molar-refractivity contribution >= 4 is 23.1 Å². The number of ketones is 1. The van der Waals surface area contributed by atoms with Gasteiger partial charge in [0, 0.05) is 12.0 Å². The number of carbonyl (C=O) groups is 2. The SMILES string of the molecule is CCOC(=O)c1sc(CC(=O)Cc2cc(F)ccc2Oc2c(F)cccc2OC)nc1C. The lowest BCUT2D eigenvalue weighted by molar-refractivity contribution is -0.117. The molecule has 0 N–H and O–H groups in total. The highest BCUT2D eigenvalue weighted by molar-refractivity contribution is 7.13. The van der Waals surface area contributed by atoms with Crippen LogP contribution in [0, 0.1) is 18.6 Å². The van der Waals surface area contributed by atoms with Gasteiger partial charge in [0.05, 0.1) is 25.8 Å². The topological polar surface area (TPSA) is 74.7 Å². The third-order valence-electron chi connectivity index (χ3n) is 4.42. The average molecular weight is 461 g/mol. The largest absolute Gasteiger partial charge is 0.493 e. The summed E-state index contributed by atoms with van der Waals surface area (Å²) in [6.45, 7) is 3.60. The molecule has 0 aliphatic rings. The predicted octanol–water partition coefficient (Wildman–Crippen LogP) is 5.06. The van der Waals surface area contributed by atoms with Crippen molar-refractivity contribution in [3.05, 3.63) is 69.2 Å². The van der Waals surface area contributed by atoms with Crippen LogP contribution in [0.1, 0.15) is 32.9 Å². The molecule has 2 aromatic carbocycles. The molecular weight excluding hydrogens is 440 g/mol. The Morgan fingerprint density at radius 1 is 1.09 bits per heavy atom. The third-order valence-corrected chi connectivity index (χ3v) is 5.56. The van der Waals surface area contributed by atoms with E-state index in [1.807, 2.05) is 0 Å². The molecule has 1 aromatic heterocycles. The maximum absolute atomic E-state index is 14.3. The number of aromatic nitrogens is 1. The second-order valence-corrected chi connectivity index (χ2v) is 7.84. The highest BCUT2D eigenvalue weighted by Crippen LogP contribution is 2.36. The van der Waals surface area contributed by atoms with Crippen LogP contribution in [0.5, 0.6) is 17.2 Å². The maximum Gasteiger partial charge on any atom is 0.350 e. The van der Waals surface area contributed by atoms with Gasteiger partial charge in [0.25, 0.3) is 0 Å². The highest BCUT2D eigenvalue weighted by Gasteiger charge is 2.20. The minimum absolute atomic E-state index is 0.0517. The Labute approximate surface area is 187 Å². The molecule has 0 spiro atoms. The third kappa shape index (κ3) is 5.47. The number of aryl methyl sites for hydroxylation is 1. The van der Waals surface area contributed by atoms with E-state index in [1.54, 1.807) is 13.8 Å². The van der Waals surface area contributed by atoms with Crippen molar-refractivity contribution in [2.24, 2.45) is 0 Å². The number of esters is 1. The number of rotatable bonds is 9. The minimum atomic E-state index is -0.657. The summed E-state index contributed by atoms with van der Waals surface area (Å²) in [5, 5.41) is 0.449. The molecular formula is C23H21F2NO5S. The molecule has 6 nitrogen and oxygen atoms in total. The van der Waals surface area contributed by atoms with E-state index in [0.717, 1.165) is 23.5 Å². The fraction of sp³-hybridized carbons (Fsp3) is 0.261. The van der Waals surface area contributed by atoms with Gasteiger partial charge in [0.15, 0.2) is 11.6 Å². The molecule has 1 heterocycles. The molecule has 9 heteroatoms. The second-order valence-electron chi connectivity index (χ2n) is 6.76. The first-order chi connectivity index (χ1) is 15.3. The Kier molecular flexibility index (Phi) is 7.53. The molecule has 168 valence electrons. The van der Waals surface area contributed by atoms with Gasteiger partial charge in [-0.1, -0.05) is 6.07 Å². The molecule has 0 amide bonds. The Bertz CT molecular complexity index is 1150. The number of ether oxygens (including phenoxy) is 3. The van der Waals surface area contributed by atoms with Crippen molar-refractivity contribution < 1.29 is 32.6 Å². The zero-order valence-corrected chi connectivity index (χ0v) is 18.6. The van der Waals surface area contributed by atoms with Crippen LogP contribution in [0.3, 0.4) is 0 Å². The van der Waals surface area contributed by atoms with Crippen molar-refractivity contribution in [1.29, 1.82) is 0 Å². The first-order valence-electron chi connectivity index (χ1n) is 9.76. The number of Topliss-reactive ketones (excluding diaryl/α,β-unsaturated/α-hetero) is 1. The van der Waals surface area contributed by atoms with E-state index < -0.39 is 17.6 Å². The molecule has 0 unspecified atom stereocenters. The van der Waals surface area contributed by atoms with Gasteiger partial charge in [-0.25, -0.2) is 18.6 Å². The van der Waals surface area contributed by atoms with Crippen molar-refractivity contribution in [3.63, 3.8) is 0 Å². The van der Waals surface area contributed by atoms with E-state index >= 15 is 0 Å². The number of methoxy groups -OCH3 is 1. The molecule has 0 atom stereocenters. The Hall–Kier alpha value is -3.33. The van der Waals surface area contributed by atoms with Gasteiger partial charge in [-0.05, 0) is 44.2 Å². The summed E-state index contributed by atoms with van der Waals surface area (Å²) in [5.74, 6) is -1.84.